The van der Waals surface area contributed by atoms with Crippen LogP contribution in [0.15, 0.2) is 35.3 Å². The molecule has 0 aliphatic carbocycles. The van der Waals surface area contributed by atoms with Crippen LogP contribution in [0.2, 0.25) is 0 Å². The highest BCUT2D eigenvalue weighted by atomic mass is 32.1. The van der Waals surface area contributed by atoms with Gasteiger partial charge in [0, 0.05) is 12.4 Å². The van der Waals surface area contributed by atoms with Gasteiger partial charge in [0.15, 0.2) is 0 Å². The van der Waals surface area contributed by atoms with Gasteiger partial charge < -0.3 is 5.11 Å². The zero-order chi connectivity index (χ0) is 10.7. The van der Waals surface area contributed by atoms with E-state index in [0.29, 0.717) is 0 Å². The standard InChI is InChI=1S/C12H13NOS/c1-2-9-7-13-5-3-11(9)12(14)10-4-6-15-8-10/h3-8,12,14H,2H2,1H3. The molecule has 15 heavy (non-hydrogen) atoms. The third-order valence-corrected chi connectivity index (χ3v) is 3.18. The molecule has 2 nitrogen and oxygen atoms in total. The second-order valence-electron chi connectivity index (χ2n) is 3.39. The topological polar surface area (TPSA) is 33.1 Å². The van der Waals surface area contributed by atoms with Gasteiger partial charge >= 0.3 is 0 Å². The van der Waals surface area contributed by atoms with Gasteiger partial charge in [-0.05, 0) is 46.0 Å². The van der Waals surface area contributed by atoms with E-state index in [9.17, 15) is 5.11 Å². The number of rotatable bonds is 3. The van der Waals surface area contributed by atoms with E-state index in [1.807, 2.05) is 29.1 Å². The Morgan fingerprint density at radius 1 is 1.47 bits per heavy atom. The third-order valence-electron chi connectivity index (χ3n) is 2.48. The Morgan fingerprint density at radius 3 is 3.00 bits per heavy atom. The summed E-state index contributed by atoms with van der Waals surface area (Å²) in [6, 6.07) is 3.84. The number of aromatic nitrogens is 1. The average molecular weight is 219 g/mol. The summed E-state index contributed by atoms with van der Waals surface area (Å²) in [5.74, 6) is 0. The molecule has 0 bridgehead atoms. The summed E-state index contributed by atoms with van der Waals surface area (Å²) in [7, 11) is 0. The van der Waals surface area contributed by atoms with Crippen LogP contribution in [0.3, 0.4) is 0 Å². The van der Waals surface area contributed by atoms with Crippen molar-refractivity contribution in [2.24, 2.45) is 0 Å². The highest BCUT2D eigenvalue weighted by Gasteiger charge is 2.13. The molecule has 0 radical (unpaired) electrons. The average Bonchev–Trinajstić information content (AvgIpc) is 2.81. The van der Waals surface area contributed by atoms with E-state index in [4.69, 9.17) is 0 Å². The van der Waals surface area contributed by atoms with Crippen LogP contribution in [0, 0.1) is 0 Å². The molecule has 3 heteroatoms. The molecule has 1 unspecified atom stereocenters. The second kappa shape index (κ2) is 4.55. The Morgan fingerprint density at radius 2 is 2.33 bits per heavy atom. The molecule has 2 heterocycles. The lowest BCUT2D eigenvalue weighted by atomic mass is 9.99. The molecule has 0 fully saturated rings. The summed E-state index contributed by atoms with van der Waals surface area (Å²) in [6.07, 6.45) is 3.92. The molecule has 0 saturated carbocycles. The van der Waals surface area contributed by atoms with Gasteiger partial charge in [-0.15, -0.1) is 0 Å². The van der Waals surface area contributed by atoms with Gasteiger partial charge in [-0.3, -0.25) is 4.98 Å². The molecular weight excluding hydrogens is 206 g/mol. The fraction of sp³-hybridized carbons (Fsp3) is 0.250. The van der Waals surface area contributed by atoms with Crippen molar-refractivity contribution in [3.05, 3.63) is 52.0 Å². The lowest BCUT2D eigenvalue weighted by Gasteiger charge is -2.12. The van der Waals surface area contributed by atoms with Crippen molar-refractivity contribution in [2.75, 3.05) is 0 Å². The monoisotopic (exact) mass is 219 g/mol. The maximum absolute atomic E-state index is 10.2. The van der Waals surface area contributed by atoms with Crippen LogP contribution in [0.1, 0.15) is 29.7 Å². The number of hydrogen-bond donors (Lipinski definition) is 1. The largest absolute Gasteiger partial charge is 0.384 e. The molecular formula is C12H13NOS. The summed E-state index contributed by atoms with van der Waals surface area (Å²) >= 11 is 1.60. The fourth-order valence-electron chi connectivity index (χ4n) is 1.61. The lowest BCUT2D eigenvalue weighted by molar-refractivity contribution is 0.219. The number of aryl methyl sites for hydroxylation is 1. The molecule has 0 aliphatic rings. The van der Waals surface area contributed by atoms with Crippen LogP contribution in [-0.4, -0.2) is 10.1 Å². The van der Waals surface area contributed by atoms with E-state index in [-0.39, 0.29) is 0 Å². The molecule has 0 saturated heterocycles. The predicted molar refractivity (Wildman–Crippen MR) is 62.0 cm³/mol. The van der Waals surface area contributed by atoms with E-state index in [1.165, 1.54) is 0 Å². The van der Waals surface area contributed by atoms with Crippen LogP contribution in [0.25, 0.3) is 0 Å². The van der Waals surface area contributed by atoms with Crippen molar-refractivity contribution in [1.29, 1.82) is 0 Å². The van der Waals surface area contributed by atoms with Crippen molar-refractivity contribution in [1.82, 2.24) is 4.98 Å². The molecule has 78 valence electrons. The highest BCUT2D eigenvalue weighted by Crippen LogP contribution is 2.26. The van der Waals surface area contributed by atoms with Crippen LogP contribution in [0.5, 0.6) is 0 Å². The maximum atomic E-state index is 10.2. The zero-order valence-electron chi connectivity index (χ0n) is 8.55. The zero-order valence-corrected chi connectivity index (χ0v) is 9.37. The van der Waals surface area contributed by atoms with Gasteiger partial charge in [-0.1, -0.05) is 6.92 Å². The number of nitrogens with zero attached hydrogens (tertiary/aromatic N) is 1. The van der Waals surface area contributed by atoms with Gasteiger partial charge in [0.05, 0.1) is 0 Å². The highest BCUT2D eigenvalue weighted by molar-refractivity contribution is 7.07. The van der Waals surface area contributed by atoms with Gasteiger partial charge in [0.1, 0.15) is 6.10 Å². The van der Waals surface area contributed by atoms with E-state index in [1.54, 1.807) is 17.5 Å². The molecule has 2 aromatic rings. The molecule has 0 amide bonds. The van der Waals surface area contributed by atoms with Gasteiger partial charge in [0.25, 0.3) is 0 Å². The van der Waals surface area contributed by atoms with Gasteiger partial charge in [0.2, 0.25) is 0 Å². The van der Waals surface area contributed by atoms with Crippen molar-refractivity contribution in [2.45, 2.75) is 19.4 Å². The number of thiophene rings is 1. The first-order valence-electron chi connectivity index (χ1n) is 4.96. The molecule has 2 aromatic heterocycles. The summed E-state index contributed by atoms with van der Waals surface area (Å²) in [4.78, 5) is 4.07. The quantitative estimate of drug-likeness (QED) is 0.861. The first kappa shape index (κ1) is 10.3. The van der Waals surface area contributed by atoms with Crippen LogP contribution < -0.4 is 0 Å². The van der Waals surface area contributed by atoms with E-state index >= 15 is 0 Å². The predicted octanol–water partition coefficient (Wildman–Crippen LogP) is 2.79. The fourth-order valence-corrected chi connectivity index (χ4v) is 2.29. The molecule has 2 rings (SSSR count). The number of aliphatic hydroxyl groups excluding tert-OH is 1. The summed E-state index contributed by atoms with van der Waals surface area (Å²) in [6.45, 7) is 2.07. The molecule has 0 spiro atoms. The van der Waals surface area contributed by atoms with E-state index < -0.39 is 6.10 Å². The second-order valence-corrected chi connectivity index (χ2v) is 4.17. The Balaban J connectivity index is 2.37. The van der Waals surface area contributed by atoms with Crippen molar-refractivity contribution in [3.63, 3.8) is 0 Å². The minimum atomic E-state index is -0.519. The molecule has 0 aliphatic heterocycles. The van der Waals surface area contributed by atoms with Crippen LogP contribution in [-0.2, 0) is 6.42 Å². The van der Waals surface area contributed by atoms with E-state index in [2.05, 4.69) is 11.9 Å². The van der Waals surface area contributed by atoms with Crippen molar-refractivity contribution < 1.29 is 5.11 Å². The smallest absolute Gasteiger partial charge is 0.105 e. The third kappa shape index (κ3) is 2.08. The van der Waals surface area contributed by atoms with Crippen molar-refractivity contribution >= 4 is 11.3 Å². The van der Waals surface area contributed by atoms with Crippen LogP contribution >= 0.6 is 11.3 Å². The Bertz CT molecular complexity index is 425. The van der Waals surface area contributed by atoms with Gasteiger partial charge in [-0.25, -0.2) is 0 Å². The summed E-state index contributed by atoms with van der Waals surface area (Å²) in [5.41, 5.74) is 3.03. The number of hydrogen-bond acceptors (Lipinski definition) is 3. The van der Waals surface area contributed by atoms with Gasteiger partial charge in [-0.2, -0.15) is 11.3 Å². The normalized spacial score (nSPS) is 12.7. The first-order valence-corrected chi connectivity index (χ1v) is 5.90. The van der Waals surface area contributed by atoms with Crippen molar-refractivity contribution in [3.8, 4) is 0 Å². The van der Waals surface area contributed by atoms with Crippen LogP contribution in [0.4, 0.5) is 0 Å². The number of aliphatic hydroxyl groups is 1. The molecule has 1 N–H and O–H groups in total. The first-order chi connectivity index (χ1) is 7.33. The Kier molecular flexibility index (Phi) is 3.14. The minimum Gasteiger partial charge on any atom is -0.384 e. The summed E-state index contributed by atoms with van der Waals surface area (Å²) < 4.78 is 0. The molecule has 1 atom stereocenters. The Hall–Kier alpha value is -1.19. The van der Waals surface area contributed by atoms with E-state index in [0.717, 1.165) is 23.1 Å². The summed E-state index contributed by atoms with van der Waals surface area (Å²) in [5, 5.41) is 14.1. The molecule has 0 aromatic carbocycles. The Labute approximate surface area is 93.2 Å². The minimum absolute atomic E-state index is 0.519. The SMILES string of the molecule is CCc1cnccc1C(O)c1ccsc1. The number of pyridine rings is 1. The lowest BCUT2D eigenvalue weighted by Crippen LogP contribution is -2.02. The maximum Gasteiger partial charge on any atom is 0.105 e.